The van der Waals surface area contributed by atoms with Gasteiger partial charge in [-0.15, -0.1) is 5.10 Å². The van der Waals surface area contributed by atoms with Gasteiger partial charge in [-0.3, -0.25) is 10.1 Å². The standard InChI is InChI=1S/C25H17F4N5O4/c1-37-17-7-9-18(10-8-17)38-22-11-4-15(12-21(22)34(35)36)20-13-19(14-2-5-16(26)6-3-14)30-24-31-23(25(27,28)29)32-33(20)24/h2-13,20H,1H3,(H,30,31,32)/t20-/m0/s1. The van der Waals surface area contributed by atoms with Crippen molar-refractivity contribution in [2.45, 2.75) is 12.2 Å². The third-order valence-corrected chi connectivity index (χ3v) is 5.68. The minimum absolute atomic E-state index is 0.0737. The van der Waals surface area contributed by atoms with E-state index in [9.17, 15) is 27.7 Å². The summed E-state index contributed by atoms with van der Waals surface area (Å²) in [6.07, 6.45) is -3.30. The number of nitro benzene ring substituents is 1. The van der Waals surface area contributed by atoms with E-state index in [4.69, 9.17) is 9.47 Å². The molecule has 4 aromatic rings. The number of benzene rings is 3. The monoisotopic (exact) mass is 527 g/mol. The molecule has 0 spiro atoms. The molecule has 3 aromatic carbocycles. The van der Waals surface area contributed by atoms with Gasteiger partial charge in [0.2, 0.25) is 11.7 Å². The topological polar surface area (TPSA) is 104 Å². The molecule has 0 unspecified atom stereocenters. The zero-order valence-electron chi connectivity index (χ0n) is 19.4. The Balaban J connectivity index is 1.58. The molecule has 1 aliphatic rings. The van der Waals surface area contributed by atoms with Crippen LogP contribution in [0.1, 0.15) is 23.0 Å². The molecule has 13 heteroatoms. The zero-order chi connectivity index (χ0) is 27.0. The molecule has 9 nitrogen and oxygen atoms in total. The van der Waals surface area contributed by atoms with Gasteiger partial charge in [0.1, 0.15) is 23.4 Å². The first-order valence-electron chi connectivity index (χ1n) is 11.0. The number of aromatic nitrogens is 3. The number of alkyl halides is 3. The summed E-state index contributed by atoms with van der Waals surface area (Å²) in [5, 5.41) is 18.3. The van der Waals surface area contributed by atoms with E-state index in [-0.39, 0.29) is 17.3 Å². The Kier molecular flexibility index (Phi) is 6.18. The van der Waals surface area contributed by atoms with Gasteiger partial charge >= 0.3 is 11.9 Å². The van der Waals surface area contributed by atoms with Gasteiger partial charge in [0.15, 0.2) is 0 Å². The van der Waals surface area contributed by atoms with Gasteiger partial charge in [0, 0.05) is 11.8 Å². The van der Waals surface area contributed by atoms with Crippen molar-refractivity contribution in [1.82, 2.24) is 14.8 Å². The zero-order valence-corrected chi connectivity index (χ0v) is 19.4. The third-order valence-electron chi connectivity index (χ3n) is 5.68. The number of rotatable bonds is 6. The van der Waals surface area contributed by atoms with Crippen molar-refractivity contribution < 1.29 is 32.0 Å². The second-order valence-electron chi connectivity index (χ2n) is 8.12. The maximum Gasteiger partial charge on any atom is 0.453 e. The van der Waals surface area contributed by atoms with Gasteiger partial charge in [-0.25, -0.2) is 9.07 Å². The first-order chi connectivity index (χ1) is 18.1. The van der Waals surface area contributed by atoms with Crippen LogP contribution in [0.25, 0.3) is 5.70 Å². The van der Waals surface area contributed by atoms with Crippen LogP contribution in [-0.2, 0) is 6.18 Å². The summed E-state index contributed by atoms with van der Waals surface area (Å²) in [4.78, 5) is 14.8. The summed E-state index contributed by atoms with van der Waals surface area (Å²) in [6, 6.07) is 14.7. The molecule has 0 radical (unpaired) electrons. The maximum absolute atomic E-state index is 13.4. The molecule has 0 amide bonds. The van der Waals surface area contributed by atoms with Gasteiger partial charge in [-0.05, 0) is 71.8 Å². The summed E-state index contributed by atoms with van der Waals surface area (Å²) in [5.41, 5.74) is 0.629. The quantitative estimate of drug-likeness (QED) is 0.181. The molecule has 5 rings (SSSR count). The molecule has 1 aliphatic heterocycles. The molecule has 0 saturated heterocycles. The average Bonchev–Trinajstić information content (AvgIpc) is 3.34. The summed E-state index contributed by atoms with van der Waals surface area (Å²) in [6.45, 7) is 0. The third kappa shape index (κ3) is 4.85. The van der Waals surface area contributed by atoms with Crippen LogP contribution in [0.4, 0.5) is 29.2 Å². The predicted molar refractivity (Wildman–Crippen MR) is 127 cm³/mol. The van der Waals surface area contributed by atoms with Crippen molar-refractivity contribution >= 4 is 17.3 Å². The Bertz CT molecular complexity index is 1530. The van der Waals surface area contributed by atoms with E-state index < -0.39 is 34.5 Å². The van der Waals surface area contributed by atoms with Crippen LogP contribution in [0.3, 0.4) is 0 Å². The van der Waals surface area contributed by atoms with Crippen LogP contribution >= 0.6 is 0 Å². The van der Waals surface area contributed by atoms with Gasteiger partial charge in [0.25, 0.3) is 5.82 Å². The molecule has 1 atom stereocenters. The Hall–Kier alpha value is -4.94. The lowest BCUT2D eigenvalue weighted by Crippen LogP contribution is -2.20. The number of nitrogens with zero attached hydrogens (tertiary/aromatic N) is 4. The lowest BCUT2D eigenvalue weighted by atomic mass is 10.0. The second kappa shape index (κ2) is 9.50. The van der Waals surface area contributed by atoms with E-state index in [0.717, 1.165) is 4.68 Å². The number of allylic oxidation sites excluding steroid dienone is 1. The van der Waals surface area contributed by atoms with Crippen molar-refractivity contribution in [3.63, 3.8) is 0 Å². The van der Waals surface area contributed by atoms with Crippen LogP contribution in [-0.4, -0.2) is 26.8 Å². The van der Waals surface area contributed by atoms with Gasteiger partial charge in [-0.1, -0.05) is 6.07 Å². The van der Waals surface area contributed by atoms with Crippen LogP contribution in [0.2, 0.25) is 0 Å². The molecule has 1 N–H and O–H groups in total. The predicted octanol–water partition coefficient (Wildman–Crippen LogP) is 6.20. The highest BCUT2D eigenvalue weighted by molar-refractivity contribution is 5.77. The average molecular weight is 527 g/mol. The largest absolute Gasteiger partial charge is 0.497 e. The van der Waals surface area contributed by atoms with Crippen molar-refractivity contribution in [2.75, 3.05) is 12.4 Å². The van der Waals surface area contributed by atoms with Gasteiger partial charge in [-0.2, -0.15) is 18.2 Å². The first-order valence-corrected chi connectivity index (χ1v) is 11.0. The number of nitro groups is 1. The van der Waals surface area contributed by atoms with Gasteiger partial charge < -0.3 is 14.8 Å². The molecule has 0 bridgehead atoms. The van der Waals surface area contributed by atoms with Crippen molar-refractivity contribution in [2.24, 2.45) is 0 Å². The minimum atomic E-state index is -4.82. The normalized spacial score (nSPS) is 14.8. The Morgan fingerprint density at radius 2 is 1.71 bits per heavy atom. The number of fused-ring (bicyclic) bond motifs is 1. The Morgan fingerprint density at radius 3 is 2.34 bits per heavy atom. The fourth-order valence-corrected chi connectivity index (χ4v) is 3.87. The maximum atomic E-state index is 13.4. The van der Waals surface area contributed by atoms with Crippen LogP contribution in [0.15, 0.2) is 72.8 Å². The highest BCUT2D eigenvalue weighted by atomic mass is 19.4. The van der Waals surface area contributed by atoms with E-state index in [1.54, 1.807) is 24.3 Å². The number of anilines is 1. The molecular formula is C25H17F4N5O4. The Labute approximate surface area is 212 Å². The van der Waals surface area contributed by atoms with E-state index in [1.807, 2.05) is 0 Å². The number of ether oxygens (including phenoxy) is 2. The number of methoxy groups -OCH3 is 1. The highest BCUT2D eigenvalue weighted by Crippen LogP contribution is 2.39. The van der Waals surface area contributed by atoms with E-state index >= 15 is 0 Å². The summed E-state index contributed by atoms with van der Waals surface area (Å²) in [5.74, 6) is -1.30. The van der Waals surface area contributed by atoms with E-state index in [2.05, 4.69) is 15.4 Å². The van der Waals surface area contributed by atoms with Crippen molar-refractivity contribution in [3.8, 4) is 17.2 Å². The summed E-state index contributed by atoms with van der Waals surface area (Å²) >= 11 is 0. The number of halogens is 4. The lowest BCUT2D eigenvalue weighted by molar-refractivity contribution is -0.385. The van der Waals surface area contributed by atoms with Crippen LogP contribution < -0.4 is 14.8 Å². The fourth-order valence-electron chi connectivity index (χ4n) is 3.87. The minimum Gasteiger partial charge on any atom is -0.497 e. The highest BCUT2D eigenvalue weighted by Gasteiger charge is 2.39. The van der Waals surface area contributed by atoms with E-state index in [1.165, 1.54) is 55.7 Å². The van der Waals surface area contributed by atoms with E-state index in [0.29, 0.717) is 22.8 Å². The molecule has 194 valence electrons. The molecule has 2 heterocycles. The van der Waals surface area contributed by atoms with Gasteiger partial charge in [0.05, 0.1) is 12.0 Å². The molecule has 38 heavy (non-hydrogen) atoms. The fraction of sp³-hybridized carbons (Fsp3) is 0.120. The lowest BCUT2D eigenvalue weighted by Gasteiger charge is -2.24. The number of hydrogen-bond acceptors (Lipinski definition) is 7. The molecule has 0 fully saturated rings. The number of hydrogen-bond donors (Lipinski definition) is 1. The second-order valence-corrected chi connectivity index (χ2v) is 8.12. The Morgan fingerprint density at radius 1 is 1.03 bits per heavy atom. The van der Waals surface area contributed by atoms with Crippen LogP contribution in [0.5, 0.6) is 17.2 Å². The molecule has 0 saturated carbocycles. The smallest absolute Gasteiger partial charge is 0.453 e. The first kappa shape index (κ1) is 24.7. The van der Waals surface area contributed by atoms with Crippen molar-refractivity contribution in [3.05, 3.63) is 106 Å². The van der Waals surface area contributed by atoms with Crippen LogP contribution in [0, 0.1) is 15.9 Å². The SMILES string of the molecule is COc1ccc(Oc2ccc([C@@H]3C=C(c4ccc(F)cc4)Nc4nc(C(F)(F)F)nn43)cc2[N+](=O)[O-])cc1. The molecule has 1 aromatic heterocycles. The molecule has 0 aliphatic carbocycles. The molecular weight excluding hydrogens is 510 g/mol. The van der Waals surface area contributed by atoms with Crippen molar-refractivity contribution in [1.29, 1.82) is 0 Å². The summed E-state index contributed by atoms with van der Waals surface area (Å²) in [7, 11) is 1.49. The summed E-state index contributed by atoms with van der Waals surface area (Å²) < 4.78 is 65.4. The number of nitrogens with one attached hydrogen (secondary N) is 1.